The van der Waals surface area contributed by atoms with Gasteiger partial charge in [-0.05, 0) is 53.3 Å². The molecular weight excluding hydrogens is 415 g/mol. The number of aromatic nitrogens is 2. The van der Waals surface area contributed by atoms with Crippen LogP contribution in [0.1, 0.15) is 37.7 Å². The molecule has 0 amide bonds. The lowest BCUT2D eigenvalue weighted by molar-refractivity contribution is 0.363. The van der Waals surface area contributed by atoms with Gasteiger partial charge in [-0.15, -0.1) is 24.0 Å². The van der Waals surface area contributed by atoms with E-state index in [1.165, 1.54) is 11.3 Å². The lowest BCUT2D eigenvalue weighted by Crippen LogP contribution is -2.43. The maximum Gasteiger partial charge on any atom is 0.191 e. The van der Waals surface area contributed by atoms with Crippen LogP contribution < -0.4 is 10.6 Å². The Morgan fingerprint density at radius 1 is 1.33 bits per heavy atom. The summed E-state index contributed by atoms with van der Waals surface area (Å²) in [6.07, 6.45) is 0.949. The van der Waals surface area contributed by atoms with Gasteiger partial charge >= 0.3 is 0 Å². The first-order valence-corrected chi connectivity index (χ1v) is 8.61. The van der Waals surface area contributed by atoms with Crippen LogP contribution in [-0.4, -0.2) is 59.9 Å². The quantitative estimate of drug-likeness (QED) is 0.362. The highest BCUT2D eigenvalue weighted by molar-refractivity contribution is 14.0. The molecule has 6 nitrogen and oxygen atoms in total. The summed E-state index contributed by atoms with van der Waals surface area (Å²) in [6, 6.07) is 0.304. The molecule has 0 saturated carbocycles. The maximum absolute atomic E-state index is 4.66. The highest BCUT2D eigenvalue weighted by Crippen LogP contribution is 2.14. The second kappa shape index (κ2) is 11.7. The lowest BCUT2D eigenvalue weighted by Gasteiger charge is -2.19. The van der Waals surface area contributed by atoms with E-state index in [1.54, 1.807) is 0 Å². The van der Waals surface area contributed by atoms with Gasteiger partial charge in [0.2, 0.25) is 0 Å². The van der Waals surface area contributed by atoms with E-state index in [0.29, 0.717) is 6.04 Å². The van der Waals surface area contributed by atoms with Crippen LogP contribution in [0.3, 0.4) is 0 Å². The Hall–Kier alpha value is -0.830. The van der Waals surface area contributed by atoms with Gasteiger partial charge in [0.25, 0.3) is 0 Å². The van der Waals surface area contributed by atoms with Crippen molar-refractivity contribution in [1.82, 2.24) is 25.3 Å². The van der Waals surface area contributed by atoms with Gasteiger partial charge in [-0.3, -0.25) is 9.67 Å². The van der Waals surface area contributed by atoms with Gasteiger partial charge in [0.15, 0.2) is 5.96 Å². The van der Waals surface area contributed by atoms with Gasteiger partial charge in [0, 0.05) is 31.9 Å². The fourth-order valence-corrected chi connectivity index (χ4v) is 2.51. The summed E-state index contributed by atoms with van der Waals surface area (Å²) in [7, 11) is 4.12. The first-order chi connectivity index (χ1) is 10.9. The molecular formula is C17H35IN6. The summed E-state index contributed by atoms with van der Waals surface area (Å²) in [6.45, 7) is 14.3. The van der Waals surface area contributed by atoms with E-state index in [9.17, 15) is 0 Å². The summed E-state index contributed by atoms with van der Waals surface area (Å²) >= 11 is 0. The third kappa shape index (κ3) is 7.38. The average molecular weight is 450 g/mol. The molecule has 0 saturated heterocycles. The Morgan fingerprint density at radius 3 is 2.50 bits per heavy atom. The van der Waals surface area contributed by atoms with E-state index in [4.69, 9.17) is 0 Å². The van der Waals surface area contributed by atoms with Crippen molar-refractivity contribution in [3.8, 4) is 0 Å². The van der Waals surface area contributed by atoms with Crippen molar-refractivity contribution in [2.45, 2.75) is 47.1 Å². The van der Waals surface area contributed by atoms with E-state index >= 15 is 0 Å². The molecule has 0 spiro atoms. The van der Waals surface area contributed by atoms with Gasteiger partial charge in [-0.2, -0.15) is 5.10 Å². The largest absolute Gasteiger partial charge is 0.357 e. The number of hydrogen-bond acceptors (Lipinski definition) is 3. The number of guanidine groups is 1. The second-order valence-corrected chi connectivity index (χ2v) is 6.18. The van der Waals surface area contributed by atoms with Crippen LogP contribution in [0, 0.1) is 13.8 Å². The number of aliphatic imine (C=N–C) groups is 1. The van der Waals surface area contributed by atoms with Crippen LogP contribution in [0.15, 0.2) is 4.99 Å². The van der Waals surface area contributed by atoms with Crippen LogP contribution in [0.4, 0.5) is 0 Å². The van der Waals surface area contributed by atoms with Crippen molar-refractivity contribution < 1.29 is 0 Å². The van der Waals surface area contributed by atoms with Gasteiger partial charge < -0.3 is 15.5 Å². The van der Waals surface area contributed by atoms with Crippen molar-refractivity contribution in [3.05, 3.63) is 17.0 Å². The second-order valence-electron chi connectivity index (χ2n) is 6.18. The molecule has 1 rings (SSSR count). The van der Waals surface area contributed by atoms with Crippen LogP contribution in [0.5, 0.6) is 0 Å². The van der Waals surface area contributed by atoms with E-state index < -0.39 is 0 Å². The number of aryl methyl sites for hydroxylation is 2. The highest BCUT2D eigenvalue weighted by atomic mass is 127. The molecule has 0 aliphatic carbocycles. The van der Waals surface area contributed by atoms with Crippen LogP contribution in [0.2, 0.25) is 0 Å². The summed E-state index contributed by atoms with van der Waals surface area (Å²) in [5.41, 5.74) is 3.68. The zero-order chi connectivity index (χ0) is 17.4. The molecule has 0 aromatic carbocycles. The molecule has 0 aliphatic heterocycles. The van der Waals surface area contributed by atoms with E-state index in [0.717, 1.165) is 44.3 Å². The third-order valence-electron chi connectivity index (χ3n) is 4.19. The minimum atomic E-state index is 0. The van der Waals surface area contributed by atoms with Gasteiger partial charge in [0.05, 0.1) is 12.2 Å². The first kappa shape index (κ1) is 23.2. The molecule has 2 N–H and O–H groups in total. The predicted molar refractivity (Wildman–Crippen MR) is 114 cm³/mol. The minimum Gasteiger partial charge on any atom is -0.357 e. The molecule has 24 heavy (non-hydrogen) atoms. The molecule has 1 heterocycles. The summed E-state index contributed by atoms with van der Waals surface area (Å²) in [5, 5.41) is 11.3. The zero-order valence-electron chi connectivity index (χ0n) is 16.3. The Labute approximate surface area is 164 Å². The predicted octanol–water partition coefficient (Wildman–Crippen LogP) is 2.09. The van der Waals surface area contributed by atoms with Crippen molar-refractivity contribution >= 4 is 29.9 Å². The SMILES string of the molecule is CCNC(=NCCN(C)CC)NC(C)Cc1c(C)nn(C)c1C.I. The number of nitrogens with zero attached hydrogens (tertiary/aromatic N) is 4. The van der Waals surface area contributed by atoms with E-state index in [2.05, 4.69) is 67.3 Å². The minimum absolute atomic E-state index is 0. The standard InChI is InChI=1S/C17H34N6.HI/c1-8-18-17(19-10-11-22(6)9-2)20-13(3)12-16-14(4)21-23(7)15(16)5;/h13H,8-12H2,1-7H3,(H2,18,19,20);1H. The molecule has 1 aromatic rings. The fourth-order valence-electron chi connectivity index (χ4n) is 2.51. The van der Waals surface area contributed by atoms with Crippen LogP contribution in [0.25, 0.3) is 0 Å². The number of nitrogens with one attached hydrogen (secondary N) is 2. The Kier molecular flexibility index (Phi) is 11.3. The van der Waals surface area contributed by atoms with E-state index in [-0.39, 0.29) is 24.0 Å². The third-order valence-corrected chi connectivity index (χ3v) is 4.19. The molecule has 140 valence electrons. The number of halogens is 1. The topological polar surface area (TPSA) is 57.5 Å². The average Bonchev–Trinajstić information content (AvgIpc) is 2.73. The van der Waals surface area contributed by atoms with E-state index in [1.807, 2.05) is 11.7 Å². The van der Waals surface area contributed by atoms with Crippen molar-refractivity contribution in [1.29, 1.82) is 0 Å². The highest BCUT2D eigenvalue weighted by Gasteiger charge is 2.13. The molecule has 7 heteroatoms. The Morgan fingerprint density at radius 2 is 2.00 bits per heavy atom. The Bertz CT molecular complexity index is 511. The maximum atomic E-state index is 4.66. The molecule has 1 unspecified atom stereocenters. The summed E-state index contributed by atoms with van der Waals surface area (Å²) in [4.78, 5) is 6.93. The molecule has 0 radical (unpaired) electrons. The number of likely N-dealkylation sites (N-methyl/N-ethyl adjacent to an activating group) is 1. The molecule has 0 fully saturated rings. The Balaban J connectivity index is 0.00000529. The molecule has 0 aliphatic rings. The number of hydrogen-bond donors (Lipinski definition) is 2. The monoisotopic (exact) mass is 450 g/mol. The summed E-state index contributed by atoms with van der Waals surface area (Å²) < 4.78 is 1.96. The van der Waals surface area contributed by atoms with Gasteiger partial charge in [0.1, 0.15) is 0 Å². The smallest absolute Gasteiger partial charge is 0.191 e. The van der Waals surface area contributed by atoms with Crippen LogP contribution in [-0.2, 0) is 13.5 Å². The lowest BCUT2D eigenvalue weighted by atomic mass is 10.1. The molecule has 1 aromatic heterocycles. The summed E-state index contributed by atoms with van der Waals surface area (Å²) in [5.74, 6) is 0.892. The van der Waals surface area contributed by atoms with Crippen LogP contribution >= 0.6 is 24.0 Å². The van der Waals surface area contributed by atoms with Crippen molar-refractivity contribution in [3.63, 3.8) is 0 Å². The van der Waals surface area contributed by atoms with Crippen molar-refractivity contribution in [2.24, 2.45) is 12.0 Å². The van der Waals surface area contributed by atoms with Gasteiger partial charge in [-0.1, -0.05) is 6.92 Å². The van der Waals surface area contributed by atoms with Gasteiger partial charge in [-0.25, -0.2) is 0 Å². The van der Waals surface area contributed by atoms with Crippen molar-refractivity contribution in [2.75, 3.05) is 33.2 Å². The fraction of sp³-hybridized carbons (Fsp3) is 0.765. The molecule has 0 bridgehead atoms. The first-order valence-electron chi connectivity index (χ1n) is 8.61. The normalized spacial score (nSPS) is 12.9. The zero-order valence-corrected chi connectivity index (χ0v) is 18.6. The molecule has 1 atom stereocenters. The number of rotatable bonds is 8.